The minimum Gasteiger partial charge on any atom is -0.391 e. The lowest BCUT2D eigenvalue weighted by molar-refractivity contribution is -0.131. The molecule has 1 unspecified atom stereocenters. The lowest BCUT2D eigenvalue weighted by Crippen LogP contribution is -2.54. The maximum Gasteiger partial charge on any atom is 0.325 e. The Labute approximate surface area is 76.7 Å². The van der Waals surface area contributed by atoms with E-state index in [0.29, 0.717) is 0 Å². The second kappa shape index (κ2) is 2.99. The van der Waals surface area contributed by atoms with Crippen LogP contribution in [0.25, 0.3) is 0 Å². The number of rotatable bonds is 2. The fraction of sp³-hybridized carbons (Fsp3) is 0.750. The molecule has 0 saturated carbocycles. The first-order valence-electron chi connectivity index (χ1n) is 4.16. The molecule has 3 amide bonds. The predicted molar refractivity (Wildman–Crippen MR) is 46.0 cm³/mol. The summed E-state index contributed by atoms with van der Waals surface area (Å²) < 4.78 is 0. The molecule has 0 aromatic rings. The van der Waals surface area contributed by atoms with Gasteiger partial charge in [0.25, 0.3) is 5.91 Å². The standard InChI is InChI=1S/C8H14N2O3/c1-5(11)8(2,3)10-6(12)4-9-7(10)13/h5,11H,4H2,1-3H3,(H,9,13). The highest BCUT2D eigenvalue weighted by Crippen LogP contribution is 2.21. The normalized spacial score (nSPS) is 20.5. The van der Waals surface area contributed by atoms with Crippen LogP contribution < -0.4 is 5.32 Å². The van der Waals surface area contributed by atoms with Crippen molar-refractivity contribution in [1.82, 2.24) is 10.2 Å². The fourth-order valence-electron chi connectivity index (χ4n) is 1.19. The van der Waals surface area contributed by atoms with Gasteiger partial charge in [-0.2, -0.15) is 0 Å². The third-order valence-corrected chi connectivity index (χ3v) is 2.44. The molecule has 1 rings (SSSR count). The Kier molecular flexibility index (Phi) is 2.30. The SMILES string of the molecule is CC(O)C(C)(C)N1C(=O)CNC1=O. The smallest absolute Gasteiger partial charge is 0.325 e. The summed E-state index contributed by atoms with van der Waals surface area (Å²) in [6.45, 7) is 4.88. The number of urea groups is 1. The summed E-state index contributed by atoms with van der Waals surface area (Å²) in [6.07, 6.45) is -0.750. The van der Waals surface area contributed by atoms with Gasteiger partial charge in [-0.15, -0.1) is 0 Å². The Morgan fingerprint density at radius 2 is 2.08 bits per heavy atom. The Morgan fingerprint density at radius 3 is 2.38 bits per heavy atom. The van der Waals surface area contributed by atoms with Gasteiger partial charge in [-0.05, 0) is 20.8 Å². The molecule has 1 saturated heterocycles. The number of hydrogen-bond acceptors (Lipinski definition) is 3. The number of amides is 3. The molecule has 1 aliphatic rings. The largest absolute Gasteiger partial charge is 0.391 e. The summed E-state index contributed by atoms with van der Waals surface area (Å²) in [5, 5.41) is 11.8. The number of aliphatic hydroxyl groups excluding tert-OH is 1. The van der Waals surface area contributed by atoms with Crippen molar-refractivity contribution in [3.8, 4) is 0 Å². The maximum absolute atomic E-state index is 11.3. The van der Waals surface area contributed by atoms with E-state index in [1.165, 1.54) is 0 Å². The van der Waals surface area contributed by atoms with Crippen molar-refractivity contribution >= 4 is 11.9 Å². The highest BCUT2D eigenvalue weighted by atomic mass is 16.3. The number of carbonyl (C=O) groups excluding carboxylic acids is 2. The average Bonchev–Trinajstić information content (AvgIpc) is 2.30. The summed E-state index contributed by atoms with van der Waals surface area (Å²) in [5.41, 5.74) is -0.850. The predicted octanol–water partition coefficient (Wildman–Crippen LogP) is -0.302. The summed E-state index contributed by atoms with van der Waals surface area (Å²) in [7, 11) is 0. The van der Waals surface area contributed by atoms with E-state index in [2.05, 4.69) is 5.32 Å². The molecule has 0 spiro atoms. The molecule has 1 heterocycles. The van der Waals surface area contributed by atoms with Crippen LogP contribution in [0.5, 0.6) is 0 Å². The van der Waals surface area contributed by atoms with Gasteiger partial charge in [0.2, 0.25) is 0 Å². The molecule has 5 heteroatoms. The quantitative estimate of drug-likeness (QED) is 0.581. The first-order valence-corrected chi connectivity index (χ1v) is 4.16. The molecule has 5 nitrogen and oxygen atoms in total. The molecular formula is C8H14N2O3. The first-order chi connectivity index (χ1) is 5.87. The van der Waals surface area contributed by atoms with Gasteiger partial charge in [0, 0.05) is 0 Å². The minimum atomic E-state index is -0.850. The van der Waals surface area contributed by atoms with Crippen LogP contribution in [0, 0.1) is 0 Å². The zero-order chi connectivity index (χ0) is 10.2. The van der Waals surface area contributed by atoms with Crippen LogP contribution in [0.2, 0.25) is 0 Å². The maximum atomic E-state index is 11.3. The third-order valence-electron chi connectivity index (χ3n) is 2.44. The fourth-order valence-corrected chi connectivity index (χ4v) is 1.19. The highest BCUT2D eigenvalue weighted by Gasteiger charge is 2.42. The molecule has 1 atom stereocenters. The van der Waals surface area contributed by atoms with E-state index >= 15 is 0 Å². The Hall–Kier alpha value is -1.10. The van der Waals surface area contributed by atoms with Crippen LogP contribution in [-0.4, -0.2) is 40.1 Å². The summed E-state index contributed by atoms with van der Waals surface area (Å²) in [5.74, 6) is -0.295. The molecule has 1 fully saturated rings. The van der Waals surface area contributed by atoms with Crippen molar-refractivity contribution in [2.24, 2.45) is 0 Å². The molecule has 0 radical (unpaired) electrons. The summed E-state index contributed by atoms with van der Waals surface area (Å²) in [4.78, 5) is 23.6. The van der Waals surface area contributed by atoms with E-state index < -0.39 is 17.7 Å². The van der Waals surface area contributed by atoms with Crippen LogP contribution in [0.15, 0.2) is 0 Å². The van der Waals surface area contributed by atoms with Crippen molar-refractivity contribution in [1.29, 1.82) is 0 Å². The van der Waals surface area contributed by atoms with Gasteiger partial charge in [-0.25, -0.2) is 4.79 Å². The molecule has 13 heavy (non-hydrogen) atoms. The van der Waals surface area contributed by atoms with Crippen molar-refractivity contribution < 1.29 is 14.7 Å². The minimum absolute atomic E-state index is 0.0228. The third kappa shape index (κ3) is 1.51. The molecule has 0 aliphatic carbocycles. The van der Waals surface area contributed by atoms with E-state index in [-0.39, 0.29) is 12.5 Å². The van der Waals surface area contributed by atoms with E-state index in [1.54, 1.807) is 20.8 Å². The van der Waals surface area contributed by atoms with Gasteiger partial charge in [0.1, 0.15) is 0 Å². The van der Waals surface area contributed by atoms with Crippen LogP contribution in [0.1, 0.15) is 20.8 Å². The Bertz CT molecular complexity index is 232. The number of nitrogens with one attached hydrogen (secondary N) is 1. The van der Waals surface area contributed by atoms with Crippen LogP contribution in [0.3, 0.4) is 0 Å². The van der Waals surface area contributed by atoms with E-state index in [0.717, 1.165) is 4.90 Å². The first kappa shape index (κ1) is 9.98. The van der Waals surface area contributed by atoms with Crippen molar-refractivity contribution in [2.75, 3.05) is 6.54 Å². The zero-order valence-electron chi connectivity index (χ0n) is 8.00. The zero-order valence-corrected chi connectivity index (χ0v) is 8.00. The van der Waals surface area contributed by atoms with Gasteiger partial charge < -0.3 is 10.4 Å². The number of imide groups is 1. The number of carbonyl (C=O) groups is 2. The Morgan fingerprint density at radius 1 is 1.54 bits per heavy atom. The highest BCUT2D eigenvalue weighted by molar-refractivity contribution is 6.02. The van der Waals surface area contributed by atoms with Crippen molar-refractivity contribution in [3.05, 3.63) is 0 Å². The lowest BCUT2D eigenvalue weighted by atomic mass is 9.97. The van der Waals surface area contributed by atoms with Crippen LogP contribution >= 0.6 is 0 Å². The monoisotopic (exact) mass is 186 g/mol. The number of nitrogens with zero attached hydrogens (tertiary/aromatic N) is 1. The molecular weight excluding hydrogens is 172 g/mol. The van der Waals surface area contributed by atoms with Gasteiger partial charge in [-0.3, -0.25) is 9.69 Å². The summed E-state index contributed by atoms with van der Waals surface area (Å²) >= 11 is 0. The van der Waals surface area contributed by atoms with Gasteiger partial charge in [0.15, 0.2) is 0 Å². The summed E-state index contributed by atoms with van der Waals surface area (Å²) in [6, 6.07) is -0.434. The topological polar surface area (TPSA) is 69.6 Å². The van der Waals surface area contributed by atoms with Gasteiger partial charge in [0.05, 0.1) is 18.2 Å². The van der Waals surface area contributed by atoms with Crippen LogP contribution in [0.4, 0.5) is 4.79 Å². The number of hydrogen-bond donors (Lipinski definition) is 2. The second-order valence-corrected chi connectivity index (χ2v) is 3.72. The Balaban J connectivity index is 2.92. The van der Waals surface area contributed by atoms with E-state index in [1.807, 2.05) is 0 Å². The molecule has 74 valence electrons. The lowest BCUT2D eigenvalue weighted by Gasteiger charge is -2.35. The van der Waals surface area contributed by atoms with Crippen molar-refractivity contribution in [3.63, 3.8) is 0 Å². The van der Waals surface area contributed by atoms with Crippen LogP contribution in [-0.2, 0) is 4.79 Å². The van der Waals surface area contributed by atoms with E-state index in [4.69, 9.17) is 0 Å². The second-order valence-electron chi connectivity index (χ2n) is 3.72. The van der Waals surface area contributed by atoms with Crippen molar-refractivity contribution in [2.45, 2.75) is 32.4 Å². The molecule has 0 aromatic heterocycles. The van der Waals surface area contributed by atoms with E-state index in [9.17, 15) is 14.7 Å². The molecule has 1 aliphatic heterocycles. The molecule has 0 bridgehead atoms. The van der Waals surface area contributed by atoms with Gasteiger partial charge in [-0.1, -0.05) is 0 Å². The van der Waals surface area contributed by atoms with Gasteiger partial charge >= 0.3 is 6.03 Å². The number of aliphatic hydroxyl groups is 1. The molecule has 2 N–H and O–H groups in total. The average molecular weight is 186 g/mol. The molecule has 0 aromatic carbocycles.